The van der Waals surface area contributed by atoms with Crippen LogP contribution in [0.3, 0.4) is 0 Å². The molecule has 0 aromatic carbocycles. The van der Waals surface area contributed by atoms with E-state index in [9.17, 15) is 4.79 Å². The Hall–Kier alpha value is -2.23. The molecule has 0 aliphatic heterocycles. The van der Waals surface area contributed by atoms with Gasteiger partial charge in [0, 0.05) is 35.9 Å². The summed E-state index contributed by atoms with van der Waals surface area (Å²) in [6, 6.07) is 5.31. The van der Waals surface area contributed by atoms with Crippen LogP contribution in [0.1, 0.15) is 10.4 Å². The number of ether oxygens (including phenoxy) is 1. The summed E-state index contributed by atoms with van der Waals surface area (Å²) in [7, 11) is 1.36. The molecule has 4 nitrogen and oxygen atoms in total. The normalized spacial score (nSPS) is 9.81. The second-order valence-electron chi connectivity index (χ2n) is 3.15. The Morgan fingerprint density at radius 1 is 1.19 bits per heavy atom. The molecule has 0 fully saturated rings. The SMILES string of the molecule is COC(=O)c1ccncc1-c1cccnc1. The first-order valence-electron chi connectivity index (χ1n) is 4.75. The summed E-state index contributed by atoms with van der Waals surface area (Å²) in [5, 5.41) is 0. The Labute approximate surface area is 92.9 Å². The Morgan fingerprint density at radius 3 is 2.69 bits per heavy atom. The minimum Gasteiger partial charge on any atom is -0.465 e. The van der Waals surface area contributed by atoms with Gasteiger partial charge in [-0.2, -0.15) is 0 Å². The molecule has 2 heterocycles. The van der Waals surface area contributed by atoms with Crippen LogP contribution in [0.5, 0.6) is 0 Å². The predicted octanol–water partition coefficient (Wildman–Crippen LogP) is 1.93. The van der Waals surface area contributed by atoms with Crippen molar-refractivity contribution in [1.29, 1.82) is 0 Å². The highest BCUT2D eigenvalue weighted by molar-refractivity contribution is 5.96. The average Bonchev–Trinajstić information content (AvgIpc) is 2.39. The number of hydrogen-bond acceptors (Lipinski definition) is 4. The molecule has 0 saturated heterocycles. The van der Waals surface area contributed by atoms with Crippen LogP contribution in [0.15, 0.2) is 43.0 Å². The highest BCUT2D eigenvalue weighted by Crippen LogP contribution is 2.21. The van der Waals surface area contributed by atoms with E-state index in [1.54, 1.807) is 30.9 Å². The number of esters is 1. The van der Waals surface area contributed by atoms with Crippen molar-refractivity contribution in [2.75, 3.05) is 7.11 Å². The molecule has 2 rings (SSSR count). The van der Waals surface area contributed by atoms with Crippen molar-refractivity contribution in [1.82, 2.24) is 9.97 Å². The zero-order valence-corrected chi connectivity index (χ0v) is 8.75. The first-order chi connectivity index (χ1) is 7.83. The number of methoxy groups -OCH3 is 1. The molecule has 16 heavy (non-hydrogen) atoms. The lowest BCUT2D eigenvalue weighted by Crippen LogP contribution is -2.03. The monoisotopic (exact) mass is 214 g/mol. The molecule has 2 aromatic rings. The summed E-state index contributed by atoms with van der Waals surface area (Å²) >= 11 is 0. The van der Waals surface area contributed by atoms with Crippen molar-refractivity contribution in [2.45, 2.75) is 0 Å². The van der Waals surface area contributed by atoms with Crippen LogP contribution >= 0.6 is 0 Å². The van der Waals surface area contributed by atoms with E-state index in [4.69, 9.17) is 4.74 Å². The van der Waals surface area contributed by atoms with Crippen LogP contribution in [0, 0.1) is 0 Å². The Kier molecular flexibility index (Phi) is 2.91. The van der Waals surface area contributed by atoms with Gasteiger partial charge >= 0.3 is 5.97 Å². The van der Waals surface area contributed by atoms with Crippen molar-refractivity contribution in [3.8, 4) is 11.1 Å². The maximum absolute atomic E-state index is 11.5. The molecule has 0 bridgehead atoms. The van der Waals surface area contributed by atoms with Gasteiger partial charge in [-0.25, -0.2) is 4.79 Å². The number of aromatic nitrogens is 2. The predicted molar refractivity (Wildman–Crippen MR) is 58.8 cm³/mol. The van der Waals surface area contributed by atoms with Crippen molar-refractivity contribution in [3.63, 3.8) is 0 Å². The molecular formula is C12H10N2O2. The smallest absolute Gasteiger partial charge is 0.338 e. The van der Waals surface area contributed by atoms with E-state index in [-0.39, 0.29) is 5.97 Å². The zero-order valence-electron chi connectivity index (χ0n) is 8.75. The minimum atomic E-state index is -0.374. The summed E-state index contributed by atoms with van der Waals surface area (Å²) in [5.41, 5.74) is 2.06. The van der Waals surface area contributed by atoms with E-state index < -0.39 is 0 Å². The maximum Gasteiger partial charge on any atom is 0.338 e. The number of pyridine rings is 2. The molecule has 0 atom stereocenters. The van der Waals surface area contributed by atoms with E-state index in [0.29, 0.717) is 5.56 Å². The maximum atomic E-state index is 11.5. The molecule has 0 aliphatic carbocycles. The van der Waals surface area contributed by atoms with E-state index in [1.807, 2.05) is 12.1 Å². The van der Waals surface area contributed by atoms with Gasteiger partial charge in [0.05, 0.1) is 12.7 Å². The molecule has 0 spiro atoms. The molecular weight excluding hydrogens is 204 g/mol. The van der Waals surface area contributed by atoms with Crippen LogP contribution in [0.4, 0.5) is 0 Å². The highest BCUT2D eigenvalue weighted by Gasteiger charge is 2.12. The zero-order chi connectivity index (χ0) is 11.4. The van der Waals surface area contributed by atoms with Gasteiger partial charge in [0.25, 0.3) is 0 Å². The third kappa shape index (κ3) is 1.91. The van der Waals surface area contributed by atoms with Crippen LogP contribution < -0.4 is 0 Å². The first kappa shape index (κ1) is 10.3. The van der Waals surface area contributed by atoms with Crippen molar-refractivity contribution < 1.29 is 9.53 Å². The standard InChI is InChI=1S/C12H10N2O2/c1-16-12(15)10-4-6-14-8-11(10)9-3-2-5-13-7-9/h2-8H,1H3. The fourth-order valence-electron chi connectivity index (χ4n) is 1.43. The first-order valence-corrected chi connectivity index (χ1v) is 4.75. The van der Waals surface area contributed by atoms with Crippen molar-refractivity contribution >= 4 is 5.97 Å². The Balaban J connectivity index is 2.53. The fourth-order valence-corrected chi connectivity index (χ4v) is 1.43. The lowest BCUT2D eigenvalue weighted by atomic mass is 10.0. The fraction of sp³-hybridized carbons (Fsp3) is 0.0833. The molecule has 0 saturated carbocycles. The minimum absolute atomic E-state index is 0.374. The summed E-state index contributed by atoms with van der Waals surface area (Å²) in [6.07, 6.45) is 6.55. The van der Waals surface area contributed by atoms with Gasteiger partial charge in [0.1, 0.15) is 0 Å². The summed E-state index contributed by atoms with van der Waals surface area (Å²) in [5.74, 6) is -0.374. The van der Waals surface area contributed by atoms with E-state index in [1.165, 1.54) is 7.11 Å². The Morgan fingerprint density at radius 2 is 2.00 bits per heavy atom. The van der Waals surface area contributed by atoms with Crippen molar-refractivity contribution in [2.24, 2.45) is 0 Å². The number of carbonyl (C=O) groups excluding carboxylic acids is 1. The van der Waals surface area contributed by atoms with Gasteiger partial charge in [0.2, 0.25) is 0 Å². The molecule has 0 aliphatic rings. The summed E-state index contributed by atoms with van der Waals surface area (Å²) in [4.78, 5) is 19.5. The molecule has 80 valence electrons. The highest BCUT2D eigenvalue weighted by atomic mass is 16.5. The van der Waals surface area contributed by atoms with Gasteiger partial charge in [-0.05, 0) is 12.1 Å². The number of nitrogens with zero attached hydrogens (tertiary/aromatic N) is 2. The molecule has 0 amide bonds. The second kappa shape index (κ2) is 4.53. The third-order valence-electron chi connectivity index (χ3n) is 2.20. The van der Waals surface area contributed by atoms with Crippen LogP contribution in [0.2, 0.25) is 0 Å². The molecule has 0 unspecified atom stereocenters. The third-order valence-corrected chi connectivity index (χ3v) is 2.20. The van der Waals surface area contributed by atoms with Crippen LogP contribution in [0.25, 0.3) is 11.1 Å². The lowest BCUT2D eigenvalue weighted by Gasteiger charge is -2.06. The van der Waals surface area contributed by atoms with Crippen molar-refractivity contribution in [3.05, 3.63) is 48.5 Å². The quantitative estimate of drug-likeness (QED) is 0.717. The van der Waals surface area contributed by atoms with Gasteiger partial charge in [0.15, 0.2) is 0 Å². The molecule has 4 heteroatoms. The number of hydrogen-bond donors (Lipinski definition) is 0. The van der Waals surface area contributed by atoms with E-state index in [2.05, 4.69) is 9.97 Å². The average molecular weight is 214 g/mol. The van der Waals surface area contributed by atoms with Gasteiger partial charge in [-0.1, -0.05) is 6.07 Å². The van der Waals surface area contributed by atoms with Gasteiger partial charge in [-0.3, -0.25) is 9.97 Å². The second-order valence-corrected chi connectivity index (χ2v) is 3.15. The number of rotatable bonds is 2. The van der Waals surface area contributed by atoms with E-state index >= 15 is 0 Å². The van der Waals surface area contributed by atoms with Crippen LogP contribution in [-0.4, -0.2) is 23.0 Å². The number of carbonyl (C=O) groups is 1. The largest absolute Gasteiger partial charge is 0.465 e. The molecule has 2 aromatic heterocycles. The molecule has 0 N–H and O–H groups in total. The van der Waals surface area contributed by atoms with Gasteiger partial charge in [-0.15, -0.1) is 0 Å². The molecule has 0 radical (unpaired) electrons. The van der Waals surface area contributed by atoms with Crippen LogP contribution in [-0.2, 0) is 4.74 Å². The lowest BCUT2D eigenvalue weighted by molar-refractivity contribution is 0.0601. The van der Waals surface area contributed by atoms with Gasteiger partial charge < -0.3 is 4.74 Å². The topological polar surface area (TPSA) is 52.1 Å². The summed E-state index contributed by atoms with van der Waals surface area (Å²) in [6.45, 7) is 0. The Bertz CT molecular complexity index is 497. The van der Waals surface area contributed by atoms with E-state index in [0.717, 1.165) is 11.1 Å². The summed E-state index contributed by atoms with van der Waals surface area (Å²) < 4.78 is 4.71.